The standard InChI is InChI=1S/C12H22O/c1-11(2,3)10-4-5-12(8-10)6-7-13-9-12/h10H,4-9H2,1-3H3/t10-,12?/m0/s1. The van der Waals surface area contributed by atoms with E-state index in [-0.39, 0.29) is 0 Å². The van der Waals surface area contributed by atoms with Gasteiger partial charge >= 0.3 is 0 Å². The summed E-state index contributed by atoms with van der Waals surface area (Å²) in [4.78, 5) is 0. The Hall–Kier alpha value is -0.0400. The van der Waals surface area contributed by atoms with Crippen molar-refractivity contribution >= 4 is 0 Å². The van der Waals surface area contributed by atoms with Crippen LogP contribution < -0.4 is 0 Å². The van der Waals surface area contributed by atoms with Crippen LogP contribution in [-0.4, -0.2) is 13.2 Å². The van der Waals surface area contributed by atoms with Crippen LogP contribution in [0.3, 0.4) is 0 Å². The van der Waals surface area contributed by atoms with Gasteiger partial charge in [-0.3, -0.25) is 0 Å². The molecule has 76 valence electrons. The molecule has 0 radical (unpaired) electrons. The minimum atomic E-state index is 0.506. The Morgan fingerprint density at radius 2 is 2.00 bits per heavy atom. The summed E-state index contributed by atoms with van der Waals surface area (Å²) < 4.78 is 5.54. The van der Waals surface area contributed by atoms with Crippen molar-refractivity contribution in [2.24, 2.45) is 16.7 Å². The highest BCUT2D eigenvalue weighted by molar-refractivity contribution is 4.94. The first-order valence-corrected chi connectivity index (χ1v) is 5.60. The largest absolute Gasteiger partial charge is 0.381 e. The van der Waals surface area contributed by atoms with E-state index in [1.54, 1.807) is 0 Å². The minimum Gasteiger partial charge on any atom is -0.381 e. The normalized spacial score (nSPS) is 40.4. The Balaban J connectivity index is 2.01. The second kappa shape index (κ2) is 2.98. The summed E-state index contributed by atoms with van der Waals surface area (Å²) in [5.74, 6) is 0.925. The van der Waals surface area contributed by atoms with Gasteiger partial charge in [-0.15, -0.1) is 0 Å². The fourth-order valence-electron chi connectivity index (χ4n) is 2.95. The SMILES string of the molecule is CC(C)(C)[C@H]1CCC2(CCOC2)C1. The van der Waals surface area contributed by atoms with Gasteiger partial charge in [0.2, 0.25) is 0 Å². The van der Waals surface area contributed by atoms with Gasteiger partial charge in [0.25, 0.3) is 0 Å². The van der Waals surface area contributed by atoms with E-state index in [0.717, 1.165) is 19.1 Å². The molecule has 0 aromatic rings. The quantitative estimate of drug-likeness (QED) is 0.559. The molecule has 1 unspecified atom stereocenters. The van der Waals surface area contributed by atoms with Crippen molar-refractivity contribution in [1.82, 2.24) is 0 Å². The molecule has 2 rings (SSSR count). The Bertz CT molecular complexity index is 184. The maximum Gasteiger partial charge on any atom is 0.0523 e. The zero-order valence-corrected chi connectivity index (χ0v) is 9.23. The van der Waals surface area contributed by atoms with Crippen LogP contribution in [-0.2, 0) is 4.74 Å². The molecule has 0 N–H and O–H groups in total. The molecule has 1 spiro atoms. The van der Waals surface area contributed by atoms with E-state index in [0.29, 0.717) is 10.8 Å². The lowest BCUT2D eigenvalue weighted by Crippen LogP contribution is -2.22. The van der Waals surface area contributed by atoms with E-state index in [1.807, 2.05) is 0 Å². The third kappa shape index (κ3) is 1.76. The zero-order valence-electron chi connectivity index (χ0n) is 9.23. The smallest absolute Gasteiger partial charge is 0.0523 e. The van der Waals surface area contributed by atoms with Gasteiger partial charge in [0.15, 0.2) is 0 Å². The van der Waals surface area contributed by atoms with Crippen molar-refractivity contribution in [2.75, 3.05) is 13.2 Å². The Kier molecular flexibility index (Phi) is 2.18. The van der Waals surface area contributed by atoms with Crippen LogP contribution in [0.1, 0.15) is 46.5 Å². The maximum atomic E-state index is 5.54. The van der Waals surface area contributed by atoms with Gasteiger partial charge in [-0.25, -0.2) is 0 Å². The molecule has 0 amide bonds. The minimum absolute atomic E-state index is 0.506. The van der Waals surface area contributed by atoms with Crippen LogP contribution in [0.4, 0.5) is 0 Å². The van der Waals surface area contributed by atoms with E-state index in [2.05, 4.69) is 20.8 Å². The molecule has 1 saturated heterocycles. The monoisotopic (exact) mass is 182 g/mol. The fourth-order valence-corrected chi connectivity index (χ4v) is 2.95. The van der Waals surface area contributed by atoms with Crippen LogP contribution in [0.2, 0.25) is 0 Å². The molecule has 1 aliphatic carbocycles. The van der Waals surface area contributed by atoms with E-state index >= 15 is 0 Å². The van der Waals surface area contributed by atoms with Crippen molar-refractivity contribution in [3.63, 3.8) is 0 Å². The fraction of sp³-hybridized carbons (Fsp3) is 1.00. The highest BCUT2D eigenvalue weighted by atomic mass is 16.5. The summed E-state index contributed by atoms with van der Waals surface area (Å²) in [7, 11) is 0. The average Bonchev–Trinajstić information content (AvgIpc) is 2.60. The number of hydrogen-bond acceptors (Lipinski definition) is 1. The Labute approximate surface area is 81.9 Å². The van der Waals surface area contributed by atoms with Crippen molar-refractivity contribution in [1.29, 1.82) is 0 Å². The molecule has 1 aliphatic heterocycles. The molecule has 1 nitrogen and oxygen atoms in total. The van der Waals surface area contributed by atoms with Crippen molar-refractivity contribution in [3.05, 3.63) is 0 Å². The van der Waals surface area contributed by atoms with Crippen LogP contribution in [0.5, 0.6) is 0 Å². The van der Waals surface area contributed by atoms with Crippen molar-refractivity contribution < 1.29 is 4.74 Å². The van der Waals surface area contributed by atoms with E-state index in [1.165, 1.54) is 25.7 Å². The van der Waals surface area contributed by atoms with Crippen molar-refractivity contribution in [2.45, 2.75) is 46.5 Å². The van der Waals surface area contributed by atoms with Gasteiger partial charge in [-0.2, -0.15) is 0 Å². The van der Waals surface area contributed by atoms with Gasteiger partial charge in [0, 0.05) is 6.61 Å². The molecule has 2 fully saturated rings. The third-order valence-electron chi connectivity index (χ3n) is 4.11. The van der Waals surface area contributed by atoms with Gasteiger partial charge < -0.3 is 4.74 Å². The Morgan fingerprint density at radius 1 is 1.23 bits per heavy atom. The van der Waals surface area contributed by atoms with Gasteiger partial charge in [-0.05, 0) is 42.4 Å². The number of hydrogen-bond donors (Lipinski definition) is 0. The first-order valence-electron chi connectivity index (χ1n) is 5.60. The molecule has 1 heterocycles. The highest BCUT2D eigenvalue weighted by Gasteiger charge is 2.45. The summed E-state index contributed by atoms with van der Waals surface area (Å²) in [6.07, 6.45) is 5.57. The van der Waals surface area contributed by atoms with Crippen LogP contribution in [0, 0.1) is 16.7 Å². The summed E-state index contributed by atoms with van der Waals surface area (Å²) >= 11 is 0. The third-order valence-corrected chi connectivity index (χ3v) is 4.11. The van der Waals surface area contributed by atoms with E-state index in [4.69, 9.17) is 4.74 Å². The van der Waals surface area contributed by atoms with Gasteiger partial charge in [0.1, 0.15) is 0 Å². The predicted octanol–water partition coefficient (Wildman–Crippen LogP) is 3.24. The Morgan fingerprint density at radius 3 is 2.46 bits per heavy atom. The molecule has 2 aliphatic rings. The molecule has 0 aromatic carbocycles. The second-order valence-corrected chi connectivity index (χ2v) is 6.11. The molecule has 0 bridgehead atoms. The average molecular weight is 182 g/mol. The van der Waals surface area contributed by atoms with Crippen LogP contribution >= 0.6 is 0 Å². The molecule has 0 aromatic heterocycles. The number of ether oxygens (including phenoxy) is 1. The molecule has 13 heavy (non-hydrogen) atoms. The molecule has 2 atom stereocenters. The second-order valence-electron chi connectivity index (χ2n) is 6.11. The molecular formula is C12H22O. The van der Waals surface area contributed by atoms with Gasteiger partial charge in [0.05, 0.1) is 6.61 Å². The van der Waals surface area contributed by atoms with Crippen molar-refractivity contribution in [3.8, 4) is 0 Å². The lowest BCUT2D eigenvalue weighted by Gasteiger charge is -2.29. The lowest BCUT2D eigenvalue weighted by molar-refractivity contribution is 0.143. The molecular weight excluding hydrogens is 160 g/mol. The summed E-state index contributed by atoms with van der Waals surface area (Å²) in [6.45, 7) is 9.20. The summed E-state index contributed by atoms with van der Waals surface area (Å²) in [5.41, 5.74) is 1.10. The van der Waals surface area contributed by atoms with Crippen LogP contribution in [0.25, 0.3) is 0 Å². The lowest BCUT2D eigenvalue weighted by atomic mass is 9.76. The van der Waals surface area contributed by atoms with Crippen LogP contribution in [0.15, 0.2) is 0 Å². The van der Waals surface area contributed by atoms with Gasteiger partial charge in [-0.1, -0.05) is 20.8 Å². The van der Waals surface area contributed by atoms with E-state index < -0.39 is 0 Å². The number of rotatable bonds is 0. The van der Waals surface area contributed by atoms with E-state index in [9.17, 15) is 0 Å². The predicted molar refractivity (Wildman–Crippen MR) is 54.7 cm³/mol. The molecule has 1 saturated carbocycles. The molecule has 1 heteroatoms. The first-order chi connectivity index (χ1) is 6.02. The highest BCUT2D eigenvalue weighted by Crippen LogP contribution is 2.52. The topological polar surface area (TPSA) is 9.23 Å². The summed E-state index contributed by atoms with van der Waals surface area (Å²) in [6, 6.07) is 0. The first kappa shape index (κ1) is 9.51. The zero-order chi connectivity index (χ0) is 9.53. The maximum absolute atomic E-state index is 5.54. The summed E-state index contributed by atoms with van der Waals surface area (Å²) in [5, 5.41) is 0.